The van der Waals surface area contributed by atoms with E-state index in [0.29, 0.717) is 16.5 Å². The summed E-state index contributed by atoms with van der Waals surface area (Å²) in [5, 5.41) is 3.16. The maximum absolute atomic E-state index is 12.1. The summed E-state index contributed by atoms with van der Waals surface area (Å²) in [5.41, 5.74) is 0.335. The minimum Gasteiger partial charge on any atom is -0.461 e. The third-order valence-corrected chi connectivity index (χ3v) is 3.53. The molecule has 2 rings (SSSR count). The SMILES string of the molecule is CCOC(=O)c1oc2ccccc2c1COC(=O)CCNC(=O)OC(C)(C)C. The second-order valence-electron chi connectivity index (χ2n) is 6.97. The number of furan rings is 1. The van der Waals surface area contributed by atoms with Crippen molar-refractivity contribution in [3.8, 4) is 0 Å². The van der Waals surface area contributed by atoms with Crippen molar-refractivity contribution in [1.82, 2.24) is 5.32 Å². The number of nitrogens with one attached hydrogen (secondary N) is 1. The van der Waals surface area contributed by atoms with Crippen LogP contribution in [0.3, 0.4) is 0 Å². The van der Waals surface area contributed by atoms with Crippen LogP contribution in [0.4, 0.5) is 4.79 Å². The number of hydrogen-bond acceptors (Lipinski definition) is 7. The van der Waals surface area contributed by atoms with Gasteiger partial charge in [-0.05, 0) is 33.8 Å². The van der Waals surface area contributed by atoms with E-state index in [4.69, 9.17) is 18.6 Å². The van der Waals surface area contributed by atoms with Crippen molar-refractivity contribution in [3.63, 3.8) is 0 Å². The van der Waals surface area contributed by atoms with Gasteiger partial charge in [0.2, 0.25) is 5.76 Å². The third-order valence-electron chi connectivity index (χ3n) is 3.53. The summed E-state index contributed by atoms with van der Waals surface area (Å²) in [7, 11) is 0. The molecule has 1 aromatic heterocycles. The van der Waals surface area contributed by atoms with E-state index in [2.05, 4.69) is 5.32 Å². The zero-order chi connectivity index (χ0) is 20.7. The van der Waals surface area contributed by atoms with Gasteiger partial charge in [-0.15, -0.1) is 0 Å². The van der Waals surface area contributed by atoms with E-state index in [9.17, 15) is 14.4 Å². The summed E-state index contributed by atoms with van der Waals surface area (Å²) in [4.78, 5) is 35.7. The topological polar surface area (TPSA) is 104 Å². The lowest BCUT2D eigenvalue weighted by Gasteiger charge is -2.19. The highest BCUT2D eigenvalue weighted by molar-refractivity contribution is 5.96. The highest BCUT2D eigenvalue weighted by atomic mass is 16.6. The van der Waals surface area contributed by atoms with Crippen molar-refractivity contribution >= 4 is 29.0 Å². The van der Waals surface area contributed by atoms with Gasteiger partial charge in [0.1, 0.15) is 17.8 Å². The molecule has 0 aliphatic heterocycles. The van der Waals surface area contributed by atoms with Gasteiger partial charge in [0.25, 0.3) is 0 Å². The number of carbonyl (C=O) groups is 3. The molecule has 0 fully saturated rings. The number of rotatable bonds is 7. The Hall–Kier alpha value is -3.03. The van der Waals surface area contributed by atoms with E-state index >= 15 is 0 Å². The van der Waals surface area contributed by atoms with Crippen LogP contribution in [-0.2, 0) is 25.6 Å². The maximum atomic E-state index is 12.1. The van der Waals surface area contributed by atoms with Gasteiger partial charge in [-0.1, -0.05) is 18.2 Å². The van der Waals surface area contributed by atoms with E-state index in [1.165, 1.54) is 0 Å². The molecule has 0 aliphatic rings. The first-order valence-electron chi connectivity index (χ1n) is 9.01. The van der Waals surface area contributed by atoms with Crippen LogP contribution >= 0.6 is 0 Å². The summed E-state index contributed by atoms with van der Waals surface area (Å²) in [5.74, 6) is -1.13. The minimum absolute atomic E-state index is 0.0164. The molecule has 0 unspecified atom stereocenters. The zero-order valence-electron chi connectivity index (χ0n) is 16.5. The molecule has 0 saturated heterocycles. The Labute approximate surface area is 163 Å². The Balaban J connectivity index is 1.95. The van der Waals surface area contributed by atoms with Crippen molar-refractivity contribution in [2.24, 2.45) is 0 Å². The second-order valence-corrected chi connectivity index (χ2v) is 6.97. The first-order chi connectivity index (χ1) is 13.2. The minimum atomic E-state index is -0.615. The Morgan fingerprint density at radius 2 is 1.82 bits per heavy atom. The average molecular weight is 391 g/mol. The Morgan fingerprint density at radius 1 is 1.11 bits per heavy atom. The zero-order valence-corrected chi connectivity index (χ0v) is 16.5. The molecule has 0 spiro atoms. The molecular formula is C20H25NO7. The lowest BCUT2D eigenvalue weighted by atomic mass is 10.1. The Morgan fingerprint density at radius 3 is 2.50 bits per heavy atom. The predicted molar refractivity (Wildman–Crippen MR) is 101 cm³/mol. The Kier molecular flexibility index (Phi) is 7.03. The van der Waals surface area contributed by atoms with E-state index < -0.39 is 23.6 Å². The molecule has 1 heterocycles. The molecule has 8 heteroatoms. The molecule has 1 aromatic carbocycles. The van der Waals surface area contributed by atoms with Crippen LogP contribution in [0.5, 0.6) is 0 Å². The molecule has 0 bridgehead atoms. The standard InChI is InChI=1S/C20H25NO7/c1-5-25-18(23)17-14(13-8-6-7-9-15(13)27-17)12-26-16(22)10-11-21-19(24)28-20(2,3)4/h6-9H,5,10-12H2,1-4H3,(H,21,24). The van der Waals surface area contributed by atoms with Gasteiger partial charge < -0.3 is 23.9 Å². The number of fused-ring (bicyclic) bond motifs is 1. The molecular weight excluding hydrogens is 366 g/mol. The second kappa shape index (κ2) is 9.25. The largest absolute Gasteiger partial charge is 0.461 e. The normalized spacial score (nSPS) is 11.1. The van der Waals surface area contributed by atoms with E-state index in [-0.39, 0.29) is 31.9 Å². The first-order valence-corrected chi connectivity index (χ1v) is 9.01. The summed E-state index contributed by atoms with van der Waals surface area (Å²) >= 11 is 0. The fourth-order valence-corrected chi connectivity index (χ4v) is 2.41. The highest BCUT2D eigenvalue weighted by Crippen LogP contribution is 2.27. The van der Waals surface area contributed by atoms with Crippen LogP contribution in [0.1, 0.15) is 50.2 Å². The molecule has 0 radical (unpaired) electrons. The first kappa shape index (κ1) is 21.3. The molecule has 0 aliphatic carbocycles. The molecule has 8 nitrogen and oxygen atoms in total. The van der Waals surface area contributed by atoms with Gasteiger partial charge in [0, 0.05) is 11.9 Å². The van der Waals surface area contributed by atoms with Crippen molar-refractivity contribution in [1.29, 1.82) is 0 Å². The summed E-state index contributed by atoms with van der Waals surface area (Å²) in [6.45, 7) is 7.07. The summed E-state index contributed by atoms with van der Waals surface area (Å²) < 4.78 is 20.9. The number of benzene rings is 1. The predicted octanol–water partition coefficient (Wildman–Crippen LogP) is 3.57. The fraction of sp³-hybridized carbons (Fsp3) is 0.450. The summed E-state index contributed by atoms with van der Waals surface area (Å²) in [6.07, 6.45) is -0.644. The molecule has 1 N–H and O–H groups in total. The number of esters is 2. The molecule has 152 valence electrons. The number of hydrogen-bond donors (Lipinski definition) is 1. The average Bonchev–Trinajstić information content (AvgIpc) is 2.97. The van der Waals surface area contributed by atoms with Crippen molar-refractivity contribution in [2.45, 2.75) is 46.3 Å². The fourth-order valence-electron chi connectivity index (χ4n) is 2.41. The van der Waals surface area contributed by atoms with Crippen molar-refractivity contribution < 1.29 is 33.0 Å². The number of amides is 1. The van der Waals surface area contributed by atoms with E-state index in [0.717, 1.165) is 0 Å². The van der Waals surface area contributed by atoms with Crippen molar-refractivity contribution in [3.05, 3.63) is 35.6 Å². The van der Waals surface area contributed by atoms with E-state index in [1.807, 2.05) is 0 Å². The van der Waals surface area contributed by atoms with Crippen LogP contribution in [0.15, 0.2) is 28.7 Å². The number of carbonyl (C=O) groups excluding carboxylic acids is 3. The number of ether oxygens (including phenoxy) is 3. The highest BCUT2D eigenvalue weighted by Gasteiger charge is 2.23. The monoisotopic (exact) mass is 391 g/mol. The molecule has 0 atom stereocenters. The van der Waals surface area contributed by atoms with E-state index in [1.54, 1.807) is 52.0 Å². The summed E-state index contributed by atoms with van der Waals surface area (Å²) in [6, 6.07) is 7.06. The van der Waals surface area contributed by atoms with Gasteiger partial charge in [-0.2, -0.15) is 0 Å². The van der Waals surface area contributed by atoms with Crippen LogP contribution in [0, 0.1) is 0 Å². The van der Waals surface area contributed by atoms with Crippen molar-refractivity contribution in [2.75, 3.05) is 13.2 Å². The molecule has 28 heavy (non-hydrogen) atoms. The van der Waals surface area contributed by atoms with Crippen LogP contribution < -0.4 is 5.32 Å². The number of alkyl carbamates (subject to hydrolysis) is 1. The smallest absolute Gasteiger partial charge is 0.407 e. The Bertz CT molecular complexity index is 848. The molecule has 2 aromatic rings. The lowest BCUT2D eigenvalue weighted by Crippen LogP contribution is -2.33. The third kappa shape index (κ3) is 6.00. The van der Waals surface area contributed by atoms with Gasteiger partial charge in [0.05, 0.1) is 18.6 Å². The van der Waals surface area contributed by atoms with Crippen LogP contribution in [0.25, 0.3) is 11.0 Å². The van der Waals surface area contributed by atoms with Gasteiger partial charge >= 0.3 is 18.0 Å². The van der Waals surface area contributed by atoms with Gasteiger partial charge in [0.15, 0.2) is 0 Å². The molecule has 1 amide bonds. The molecule has 0 saturated carbocycles. The lowest BCUT2D eigenvalue weighted by molar-refractivity contribution is -0.144. The number of para-hydroxylation sites is 1. The van der Waals surface area contributed by atoms with Crippen LogP contribution in [0.2, 0.25) is 0 Å². The van der Waals surface area contributed by atoms with Crippen LogP contribution in [-0.4, -0.2) is 36.8 Å². The maximum Gasteiger partial charge on any atom is 0.407 e. The van der Waals surface area contributed by atoms with Gasteiger partial charge in [-0.25, -0.2) is 9.59 Å². The van der Waals surface area contributed by atoms with Gasteiger partial charge in [-0.3, -0.25) is 4.79 Å². The quantitative estimate of drug-likeness (QED) is 0.568.